The highest BCUT2D eigenvalue weighted by atomic mass is 19.3. The molecule has 0 aliphatic rings. The minimum absolute atomic E-state index is 0.0748. The fraction of sp³-hybridized carbons (Fsp3) is 0.600. The van der Waals surface area contributed by atoms with E-state index in [0.717, 1.165) is 31.7 Å². The van der Waals surface area contributed by atoms with Crippen LogP contribution in [0.25, 0.3) is 0 Å². The summed E-state index contributed by atoms with van der Waals surface area (Å²) in [7, 11) is 0. The zero-order valence-corrected chi connectivity index (χ0v) is 11.7. The van der Waals surface area contributed by atoms with Crippen LogP contribution in [-0.2, 0) is 11.3 Å². The molecule has 0 aliphatic heterocycles. The van der Waals surface area contributed by atoms with Gasteiger partial charge in [0.2, 0.25) is 0 Å². The lowest BCUT2D eigenvalue weighted by Gasteiger charge is -2.08. The number of halogens is 2. The van der Waals surface area contributed by atoms with E-state index < -0.39 is 6.43 Å². The lowest BCUT2D eigenvalue weighted by molar-refractivity contribution is 0.108. The first kappa shape index (κ1) is 16.1. The van der Waals surface area contributed by atoms with Gasteiger partial charge in [0.1, 0.15) is 0 Å². The highest BCUT2D eigenvalue weighted by molar-refractivity contribution is 5.23. The van der Waals surface area contributed by atoms with E-state index in [0.29, 0.717) is 12.5 Å². The number of nitrogens with one attached hydrogen (secondary N) is 1. The lowest BCUT2D eigenvalue weighted by Crippen LogP contribution is -2.17. The summed E-state index contributed by atoms with van der Waals surface area (Å²) in [5, 5.41) is 3.27. The first-order valence-corrected chi connectivity index (χ1v) is 6.75. The van der Waals surface area contributed by atoms with E-state index in [1.165, 1.54) is 12.1 Å². The van der Waals surface area contributed by atoms with Gasteiger partial charge in [-0.2, -0.15) is 0 Å². The van der Waals surface area contributed by atoms with Gasteiger partial charge in [0.05, 0.1) is 0 Å². The monoisotopic (exact) mass is 271 g/mol. The predicted octanol–water partition coefficient (Wildman–Crippen LogP) is 3.78. The quantitative estimate of drug-likeness (QED) is 0.690. The molecule has 1 aromatic carbocycles. The maximum atomic E-state index is 12.4. The Morgan fingerprint density at radius 3 is 2.42 bits per heavy atom. The van der Waals surface area contributed by atoms with Crippen LogP contribution in [0.4, 0.5) is 8.78 Å². The fourth-order valence-electron chi connectivity index (χ4n) is 1.63. The molecule has 2 nitrogen and oxygen atoms in total. The van der Waals surface area contributed by atoms with E-state index in [1.807, 2.05) is 0 Å². The minimum Gasteiger partial charge on any atom is -0.381 e. The molecule has 0 bridgehead atoms. The molecule has 0 unspecified atom stereocenters. The summed E-state index contributed by atoms with van der Waals surface area (Å²) in [5.74, 6) is 0.571. The van der Waals surface area contributed by atoms with Crippen molar-refractivity contribution in [2.45, 2.75) is 33.2 Å². The number of rotatable bonds is 9. The zero-order chi connectivity index (χ0) is 14.1. The molecule has 0 aromatic heterocycles. The van der Waals surface area contributed by atoms with Crippen LogP contribution in [0, 0.1) is 5.92 Å². The Balaban J connectivity index is 2.09. The van der Waals surface area contributed by atoms with Crippen molar-refractivity contribution in [1.29, 1.82) is 0 Å². The van der Waals surface area contributed by atoms with Crippen molar-refractivity contribution >= 4 is 0 Å². The van der Waals surface area contributed by atoms with Crippen LogP contribution in [0.3, 0.4) is 0 Å². The van der Waals surface area contributed by atoms with Crippen LogP contribution < -0.4 is 5.32 Å². The van der Waals surface area contributed by atoms with Crippen LogP contribution in [0.5, 0.6) is 0 Å². The number of hydrogen-bond donors (Lipinski definition) is 1. The summed E-state index contributed by atoms with van der Waals surface area (Å²) in [4.78, 5) is 0. The average Bonchev–Trinajstić information content (AvgIpc) is 2.38. The summed E-state index contributed by atoms with van der Waals surface area (Å²) in [5.41, 5.74) is 1.10. The highest BCUT2D eigenvalue weighted by Gasteiger charge is 2.05. The standard InChI is InChI=1S/C15H23F2NO/c1-12(2)11-19-9-3-8-18-10-13-4-6-14(7-5-13)15(16)17/h4-7,12,15,18H,3,8-11H2,1-2H3. The predicted molar refractivity (Wildman–Crippen MR) is 73.4 cm³/mol. The average molecular weight is 271 g/mol. The largest absolute Gasteiger partial charge is 0.381 e. The van der Waals surface area contributed by atoms with E-state index in [9.17, 15) is 8.78 Å². The van der Waals surface area contributed by atoms with Crippen molar-refractivity contribution in [2.75, 3.05) is 19.8 Å². The van der Waals surface area contributed by atoms with Crippen LogP contribution in [0.1, 0.15) is 37.8 Å². The van der Waals surface area contributed by atoms with Gasteiger partial charge in [-0.25, -0.2) is 8.78 Å². The molecule has 0 fully saturated rings. The summed E-state index contributed by atoms with van der Waals surface area (Å²) in [6.07, 6.45) is -1.43. The van der Waals surface area contributed by atoms with Gasteiger partial charge in [-0.05, 0) is 24.4 Å². The third-order valence-corrected chi connectivity index (χ3v) is 2.65. The first-order chi connectivity index (χ1) is 9.09. The van der Waals surface area contributed by atoms with Crippen molar-refractivity contribution in [1.82, 2.24) is 5.32 Å². The SMILES string of the molecule is CC(C)COCCCNCc1ccc(C(F)F)cc1. The van der Waals surface area contributed by atoms with Gasteiger partial charge in [0.15, 0.2) is 0 Å². The minimum atomic E-state index is -2.39. The molecule has 0 amide bonds. The molecule has 108 valence electrons. The van der Waals surface area contributed by atoms with Crippen LogP contribution in [0.2, 0.25) is 0 Å². The second kappa shape index (κ2) is 8.99. The first-order valence-electron chi connectivity index (χ1n) is 6.75. The summed E-state index contributed by atoms with van der Waals surface area (Å²) >= 11 is 0. The van der Waals surface area contributed by atoms with Crippen molar-refractivity contribution in [3.05, 3.63) is 35.4 Å². The molecule has 1 rings (SSSR count). The zero-order valence-electron chi connectivity index (χ0n) is 11.7. The third-order valence-electron chi connectivity index (χ3n) is 2.65. The van der Waals surface area contributed by atoms with Crippen molar-refractivity contribution < 1.29 is 13.5 Å². The fourth-order valence-corrected chi connectivity index (χ4v) is 1.63. The van der Waals surface area contributed by atoms with E-state index in [-0.39, 0.29) is 5.56 Å². The molecule has 1 N–H and O–H groups in total. The Hall–Kier alpha value is -1.00. The van der Waals surface area contributed by atoms with E-state index in [1.54, 1.807) is 12.1 Å². The third kappa shape index (κ3) is 7.23. The highest BCUT2D eigenvalue weighted by Crippen LogP contribution is 2.18. The van der Waals surface area contributed by atoms with Crippen molar-refractivity contribution in [3.8, 4) is 0 Å². The molecule has 4 heteroatoms. The number of hydrogen-bond acceptors (Lipinski definition) is 2. The smallest absolute Gasteiger partial charge is 0.263 e. The molecule has 19 heavy (non-hydrogen) atoms. The van der Waals surface area contributed by atoms with Gasteiger partial charge < -0.3 is 10.1 Å². The van der Waals surface area contributed by atoms with Crippen molar-refractivity contribution in [2.24, 2.45) is 5.92 Å². The normalized spacial score (nSPS) is 11.5. The van der Waals surface area contributed by atoms with E-state index in [4.69, 9.17) is 4.74 Å². The van der Waals surface area contributed by atoms with Gasteiger partial charge >= 0.3 is 0 Å². The molecule has 0 aliphatic carbocycles. The molecule has 0 saturated carbocycles. The summed E-state index contributed by atoms with van der Waals surface area (Å²) in [6, 6.07) is 6.44. The topological polar surface area (TPSA) is 21.3 Å². The lowest BCUT2D eigenvalue weighted by atomic mass is 10.1. The molecule has 0 spiro atoms. The van der Waals surface area contributed by atoms with Gasteiger partial charge in [-0.1, -0.05) is 38.1 Å². The summed E-state index contributed by atoms with van der Waals surface area (Å²) in [6.45, 7) is 7.38. The Morgan fingerprint density at radius 2 is 1.84 bits per heavy atom. The molecule has 0 atom stereocenters. The van der Waals surface area contributed by atoms with Crippen molar-refractivity contribution in [3.63, 3.8) is 0 Å². The van der Waals surface area contributed by atoms with Crippen LogP contribution in [0.15, 0.2) is 24.3 Å². The Morgan fingerprint density at radius 1 is 1.16 bits per heavy atom. The van der Waals surface area contributed by atoms with Gasteiger partial charge in [0, 0.05) is 25.3 Å². The number of alkyl halides is 2. The molecule has 0 saturated heterocycles. The Kier molecular flexibility index (Phi) is 7.60. The van der Waals surface area contributed by atoms with Gasteiger partial charge in [-0.15, -0.1) is 0 Å². The Labute approximate surface area is 114 Å². The molecule has 0 radical (unpaired) electrons. The van der Waals surface area contributed by atoms with E-state index >= 15 is 0 Å². The molecule has 1 aromatic rings. The van der Waals surface area contributed by atoms with E-state index in [2.05, 4.69) is 19.2 Å². The Bertz CT molecular complexity index is 339. The second-order valence-corrected chi connectivity index (χ2v) is 5.04. The number of benzene rings is 1. The van der Waals surface area contributed by atoms with Crippen LogP contribution >= 0.6 is 0 Å². The van der Waals surface area contributed by atoms with Crippen LogP contribution in [-0.4, -0.2) is 19.8 Å². The van der Waals surface area contributed by atoms with Gasteiger partial charge in [0.25, 0.3) is 6.43 Å². The summed E-state index contributed by atoms with van der Waals surface area (Å²) < 4.78 is 30.2. The second-order valence-electron chi connectivity index (χ2n) is 5.04. The maximum Gasteiger partial charge on any atom is 0.263 e. The number of ether oxygens (including phenoxy) is 1. The molecular formula is C15H23F2NO. The van der Waals surface area contributed by atoms with Gasteiger partial charge in [-0.3, -0.25) is 0 Å². The molecular weight excluding hydrogens is 248 g/mol. The maximum absolute atomic E-state index is 12.4. The molecule has 0 heterocycles.